The topological polar surface area (TPSA) is 57.2 Å². The number of hydrogen-bond donors (Lipinski definition) is 1. The van der Waals surface area contributed by atoms with Gasteiger partial charge < -0.3 is 24.1 Å². The van der Waals surface area contributed by atoms with E-state index in [2.05, 4.69) is 12.1 Å². The van der Waals surface area contributed by atoms with Crippen molar-refractivity contribution in [3.63, 3.8) is 0 Å². The van der Waals surface area contributed by atoms with E-state index in [4.69, 9.17) is 18.9 Å². The van der Waals surface area contributed by atoms with Gasteiger partial charge in [0.15, 0.2) is 18.3 Å². The third kappa shape index (κ3) is 8.25. The Bertz CT molecular complexity index is 714. The molecule has 0 fully saturated rings. The van der Waals surface area contributed by atoms with Crippen LogP contribution >= 0.6 is 0 Å². The lowest BCUT2D eigenvalue weighted by molar-refractivity contribution is 0.0511. The van der Waals surface area contributed by atoms with E-state index in [9.17, 15) is 5.11 Å². The summed E-state index contributed by atoms with van der Waals surface area (Å²) < 4.78 is 20.9. The predicted molar refractivity (Wildman–Crippen MR) is 119 cm³/mol. The SMILES string of the molecule is COCOc1ccc(C(O)CCCCCCCCc2ccc(OC)c(OC)c2)cc1. The molecular weight excluding hydrogens is 380 g/mol. The summed E-state index contributed by atoms with van der Waals surface area (Å²) in [5.74, 6) is 2.32. The van der Waals surface area contributed by atoms with E-state index in [0.29, 0.717) is 0 Å². The van der Waals surface area contributed by atoms with Gasteiger partial charge in [0.2, 0.25) is 0 Å². The monoisotopic (exact) mass is 416 g/mol. The van der Waals surface area contributed by atoms with Gasteiger partial charge in [0.25, 0.3) is 0 Å². The Labute approximate surface area is 180 Å². The molecule has 2 rings (SSSR count). The molecule has 0 amide bonds. The number of rotatable bonds is 15. The van der Waals surface area contributed by atoms with E-state index < -0.39 is 6.10 Å². The van der Waals surface area contributed by atoms with E-state index in [1.807, 2.05) is 30.3 Å². The molecule has 30 heavy (non-hydrogen) atoms. The molecule has 0 aromatic heterocycles. The van der Waals surface area contributed by atoms with Crippen molar-refractivity contribution in [3.8, 4) is 17.2 Å². The predicted octanol–water partition coefficient (Wildman–Crippen LogP) is 5.69. The maximum absolute atomic E-state index is 10.3. The van der Waals surface area contributed by atoms with Crippen LogP contribution in [0.4, 0.5) is 0 Å². The number of unbranched alkanes of at least 4 members (excludes halogenated alkanes) is 5. The van der Waals surface area contributed by atoms with Gasteiger partial charge in [-0.3, -0.25) is 0 Å². The van der Waals surface area contributed by atoms with Crippen molar-refractivity contribution in [1.29, 1.82) is 0 Å². The van der Waals surface area contributed by atoms with Crippen LogP contribution in [0, 0.1) is 0 Å². The number of aliphatic hydroxyl groups is 1. The second-order valence-corrected chi connectivity index (χ2v) is 7.49. The minimum Gasteiger partial charge on any atom is -0.493 e. The minimum absolute atomic E-state index is 0.232. The minimum atomic E-state index is -0.411. The van der Waals surface area contributed by atoms with Crippen LogP contribution in [0.2, 0.25) is 0 Å². The molecule has 0 saturated heterocycles. The molecule has 5 nitrogen and oxygen atoms in total. The highest BCUT2D eigenvalue weighted by Gasteiger charge is 2.08. The number of hydrogen-bond acceptors (Lipinski definition) is 5. The molecule has 0 heterocycles. The number of benzene rings is 2. The summed E-state index contributed by atoms with van der Waals surface area (Å²) in [5.41, 5.74) is 2.23. The first-order valence-corrected chi connectivity index (χ1v) is 10.8. The van der Waals surface area contributed by atoms with Crippen molar-refractivity contribution in [2.75, 3.05) is 28.1 Å². The fourth-order valence-electron chi connectivity index (χ4n) is 3.49. The third-order valence-electron chi connectivity index (χ3n) is 5.25. The maximum atomic E-state index is 10.3. The molecule has 0 bridgehead atoms. The zero-order valence-corrected chi connectivity index (χ0v) is 18.6. The lowest BCUT2D eigenvalue weighted by Gasteiger charge is -2.12. The van der Waals surface area contributed by atoms with Crippen molar-refractivity contribution in [2.24, 2.45) is 0 Å². The Morgan fingerprint density at radius 2 is 1.43 bits per heavy atom. The van der Waals surface area contributed by atoms with Crippen molar-refractivity contribution in [1.82, 2.24) is 0 Å². The largest absolute Gasteiger partial charge is 0.493 e. The highest BCUT2D eigenvalue weighted by atomic mass is 16.7. The molecule has 5 heteroatoms. The summed E-state index contributed by atoms with van der Waals surface area (Å²) >= 11 is 0. The summed E-state index contributed by atoms with van der Waals surface area (Å²) in [6, 6.07) is 13.7. The summed E-state index contributed by atoms with van der Waals surface area (Å²) in [5, 5.41) is 10.3. The van der Waals surface area contributed by atoms with Crippen molar-refractivity contribution in [3.05, 3.63) is 53.6 Å². The molecule has 0 radical (unpaired) electrons. The quantitative estimate of drug-likeness (QED) is 0.298. The van der Waals surface area contributed by atoms with Crippen molar-refractivity contribution < 1.29 is 24.1 Å². The van der Waals surface area contributed by atoms with Crippen LogP contribution in [0.25, 0.3) is 0 Å². The molecule has 0 saturated carbocycles. The molecule has 2 aromatic rings. The van der Waals surface area contributed by atoms with Crippen LogP contribution < -0.4 is 14.2 Å². The number of methoxy groups -OCH3 is 3. The molecule has 0 aliphatic heterocycles. The van der Waals surface area contributed by atoms with Gasteiger partial charge in [-0.1, -0.05) is 50.3 Å². The molecular formula is C25H36O5. The second kappa shape index (κ2) is 13.9. The zero-order chi connectivity index (χ0) is 21.6. The number of ether oxygens (including phenoxy) is 4. The van der Waals surface area contributed by atoms with E-state index in [1.165, 1.54) is 31.2 Å². The Morgan fingerprint density at radius 3 is 2.10 bits per heavy atom. The van der Waals surface area contributed by atoms with Crippen LogP contribution in [0.3, 0.4) is 0 Å². The summed E-state index contributed by atoms with van der Waals surface area (Å²) in [6.45, 7) is 0.232. The summed E-state index contributed by atoms with van der Waals surface area (Å²) in [4.78, 5) is 0. The lowest BCUT2D eigenvalue weighted by atomic mass is 10.0. The first-order chi connectivity index (χ1) is 14.7. The number of aliphatic hydroxyl groups excluding tert-OH is 1. The van der Waals surface area contributed by atoms with Crippen LogP contribution in [0.15, 0.2) is 42.5 Å². The molecule has 166 valence electrons. The molecule has 1 unspecified atom stereocenters. The average molecular weight is 417 g/mol. The van der Waals surface area contributed by atoms with Gasteiger partial charge in [-0.25, -0.2) is 0 Å². The van der Waals surface area contributed by atoms with Gasteiger partial charge >= 0.3 is 0 Å². The van der Waals surface area contributed by atoms with E-state index in [-0.39, 0.29) is 6.79 Å². The average Bonchev–Trinajstić information content (AvgIpc) is 2.79. The molecule has 0 spiro atoms. The fourth-order valence-corrected chi connectivity index (χ4v) is 3.49. The molecule has 1 N–H and O–H groups in total. The van der Waals surface area contributed by atoms with Gasteiger partial charge in [0, 0.05) is 7.11 Å². The zero-order valence-electron chi connectivity index (χ0n) is 18.6. The van der Waals surface area contributed by atoms with Gasteiger partial charge in [-0.15, -0.1) is 0 Å². The van der Waals surface area contributed by atoms with Crippen LogP contribution in [-0.2, 0) is 11.2 Å². The Balaban J connectivity index is 1.55. The summed E-state index contributed by atoms with van der Waals surface area (Å²) in [6.07, 6.45) is 8.48. The molecule has 1 atom stereocenters. The van der Waals surface area contributed by atoms with E-state index in [0.717, 1.165) is 48.5 Å². The van der Waals surface area contributed by atoms with E-state index >= 15 is 0 Å². The molecule has 2 aromatic carbocycles. The summed E-state index contributed by atoms with van der Waals surface area (Å²) in [7, 11) is 4.92. The Hall–Kier alpha value is -2.24. The van der Waals surface area contributed by atoms with Crippen molar-refractivity contribution in [2.45, 2.75) is 57.5 Å². The smallest absolute Gasteiger partial charge is 0.188 e. The Kier molecular flexibility index (Phi) is 11.1. The van der Waals surface area contributed by atoms with E-state index in [1.54, 1.807) is 21.3 Å². The van der Waals surface area contributed by atoms with Crippen LogP contribution in [0.5, 0.6) is 17.2 Å². The van der Waals surface area contributed by atoms with Gasteiger partial charge in [0.1, 0.15) is 5.75 Å². The number of aryl methyl sites for hydroxylation is 1. The highest BCUT2D eigenvalue weighted by molar-refractivity contribution is 5.42. The third-order valence-corrected chi connectivity index (χ3v) is 5.25. The Morgan fingerprint density at radius 1 is 0.767 bits per heavy atom. The lowest BCUT2D eigenvalue weighted by Crippen LogP contribution is -2.00. The first-order valence-electron chi connectivity index (χ1n) is 10.8. The fraction of sp³-hybridized carbons (Fsp3) is 0.520. The maximum Gasteiger partial charge on any atom is 0.188 e. The highest BCUT2D eigenvalue weighted by Crippen LogP contribution is 2.28. The first kappa shape index (κ1) is 24.0. The van der Waals surface area contributed by atoms with Crippen LogP contribution in [-0.4, -0.2) is 33.2 Å². The normalized spacial score (nSPS) is 11.9. The van der Waals surface area contributed by atoms with Gasteiger partial charge in [-0.2, -0.15) is 0 Å². The molecule has 0 aliphatic carbocycles. The second-order valence-electron chi connectivity index (χ2n) is 7.49. The van der Waals surface area contributed by atoms with Gasteiger partial charge in [-0.05, 0) is 54.7 Å². The molecule has 0 aliphatic rings. The van der Waals surface area contributed by atoms with Crippen LogP contribution in [0.1, 0.15) is 62.2 Å². The van der Waals surface area contributed by atoms with Gasteiger partial charge in [0.05, 0.1) is 20.3 Å². The van der Waals surface area contributed by atoms with Crippen molar-refractivity contribution >= 4 is 0 Å². The standard InChI is InChI=1S/C25H36O5/c1-27-19-30-22-15-13-21(14-16-22)23(26)11-9-7-5-4-6-8-10-20-12-17-24(28-2)25(18-20)29-3/h12-18,23,26H,4-11,19H2,1-3H3.